The van der Waals surface area contributed by atoms with Crippen LogP contribution in [-0.4, -0.2) is 68.1 Å². The third kappa shape index (κ3) is 5.33. The highest BCUT2D eigenvalue weighted by Crippen LogP contribution is 2.26. The smallest absolute Gasteiger partial charge is 0.222 e. The first kappa shape index (κ1) is 20.5. The van der Waals surface area contributed by atoms with Gasteiger partial charge < -0.3 is 15.0 Å². The number of carbonyl (C=O) groups is 1. The molecule has 5 nitrogen and oxygen atoms in total. The van der Waals surface area contributed by atoms with E-state index in [1.165, 1.54) is 0 Å². The first-order chi connectivity index (χ1) is 11.7. The number of methoxy groups -OCH3 is 1. The first-order valence-corrected chi connectivity index (χ1v) is 9.51. The van der Waals surface area contributed by atoms with Crippen molar-refractivity contribution in [3.05, 3.63) is 28.2 Å². The van der Waals surface area contributed by atoms with E-state index in [4.69, 9.17) is 4.74 Å². The summed E-state index contributed by atoms with van der Waals surface area (Å²) in [6.45, 7) is 6.14. The van der Waals surface area contributed by atoms with Crippen molar-refractivity contribution in [2.45, 2.75) is 25.3 Å². The number of amides is 1. The second-order valence-corrected chi connectivity index (χ2v) is 7.39. The molecule has 0 bridgehead atoms. The Bertz CT molecular complexity index is 581. The molecule has 0 saturated carbocycles. The van der Waals surface area contributed by atoms with Crippen molar-refractivity contribution in [1.82, 2.24) is 15.1 Å². The fraction of sp³-hybridized carbons (Fsp3) is 0.611. The van der Waals surface area contributed by atoms with Gasteiger partial charge >= 0.3 is 0 Å². The normalized spacial score (nSPS) is 21.0. The van der Waals surface area contributed by atoms with Crippen molar-refractivity contribution >= 4 is 34.2 Å². The molecule has 2 aliphatic rings. The molecule has 0 aliphatic carbocycles. The highest BCUT2D eigenvalue weighted by Gasteiger charge is 2.30. The Hall–Kier alpha value is -0.820. The maximum Gasteiger partial charge on any atom is 0.222 e. The van der Waals surface area contributed by atoms with Gasteiger partial charge in [0.05, 0.1) is 11.6 Å². The predicted octanol–water partition coefficient (Wildman–Crippen LogP) is 2.32. The van der Waals surface area contributed by atoms with Gasteiger partial charge in [-0.15, -0.1) is 12.4 Å². The second kappa shape index (κ2) is 9.76. The van der Waals surface area contributed by atoms with Crippen molar-refractivity contribution < 1.29 is 9.53 Å². The average molecular weight is 433 g/mol. The lowest BCUT2D eigenvalue weighted by Crippen LogP contribution is -2.49. The number of piperazine rings is 1. The van der Waals surface area contributed by atoms with Crippen molar-refractivity contribution in [2.24, 2.45) is 0 Å². The number of halogens is 2. The molecule has 1 N–H and O–H groups in total. The number of nitrogens with one attached hydrogen (secondary N) is 1. The fourth-order valence-corrected chi connectivity index (χ4v) is 4.18. The van der Waals surface area contributed by atoms with Crippen LogP contribution in [0.1, 0.15) is 18.4 Å². The number of rotatable bonds is 5. The van der Waals surface area contributed by atoms with Crippen LogP contribution < -0.4 is 10.1 Å². The molecule has 2 heterocycles. The van der Waals surface area contributed by atoms with E-state index in [0.717, 1.165) is 67.9 Å². The standard InChI is InChI=1S/C18H26BrN3O2.ClH/c1-24-17-4-2-14(12-16(17)19)3-5-18(23)22-9-6-15(13-22)21-10-7-20-8-11-21;/h2,4,12,15,20H,3,5-11,13H2,1H3;1H. The zero-order chi connectivity index (χ0) is 16.9. The third-order valence-electron chi connectivity index (χ3n) is 5.03. The minimum Gasteiger partial charge on any atom is -0.496 e. The average Bonchev–Trinajstić information content (AvgIpc) is 3.11. The number of ether oxygens (including phenoxy) is 1. The van der Waals surface area contributed by atoms with E-state index in [-0.39, 0.29) is 18.3 Å². The summed E-state index contributed by atoms with van der Waals surface area (Å²) >= 11 is 3.50. The Kier molecular flexibility index (Phi) is 8.00. The summed E-state index contributed by atoms with van der Waals surface area (Å²) in [7, 11) is 1.66. The van der Waals surface area contributed by atoms with E-state index >= 15 is 0 Å². The lowest BCUT2D eigenvalue weighted by Gasteiger charge is -2.32. The van der Waals surface area contributed by atoms with Gasteiger partial charge in [0.25, 0.3) is 0 Å². The largest absolute Gasteiger partial charge is 0.496 e. The van der Waals surface area contributed by atoms with Crippen molar-refractivity contribution in [3.8, 4) is 5.75 Å². The molecule has 2 saturated heterocycles. The van der Waals surface area contributed by atoms with Gasteiger partial charge in [0.1, 0.15) is 5.75 Å². The summed E-state index contributed by atoms with van der Waals surface area (Å²) in [5, 5.41) is 3.39. The number of carbonyl (C=O) groups excluding carboxylic acids is 1. The minimum atomic E-state index is 0. The maximum atomic E-state index is 12.5. The quantitative estimate of drug-likeness (QED) is 0.775. The molecule has 1 atom stereocenters. The van der Waals surface area contributed by atoms with E-state index in [0.29, 0.717) is 12.5 Å². The van der Waals surface area contributed by atoms with Gasteiger partial charge in [0.15, 0.2) is 0 Å². The van der Waals surface area contributed by atoms with Crippen LogP contribution in [0.5, 0.6) is 5.75 Å². The predicted molar refractivity (Wildman–Crippen MR) is 106 cm³/mol. The molecule has 0 spiro atoms. The molecule has 1 aromatic carbocycles. The minimum absolute atomic E-state index is 0. The Morgan fingerprint density at radius 3 is 2.76 bits per heavy atom. The summed E-state index contributed by atoms with van der Waals surface area (Å²) in [5.74, 6) is 1.10. The van der Waals surface area contributed by atoms with E-state index in [1.807, 2.05) is 23.1 Å². The lowest BCUT2D eigenvalue weighted by molar-refractivity contribution is -0.130. The molecular weight excluding hydrogens is 406 g/mol. The molecule has 0 radical (unpaired) electrons. The summed E-state index contributed by atoms with van der Waals surface area (Å²) in [6, 6.07) is 6.57. The molecule has 2 fully saturated rings. The monoisotopic (exact) mass is 431 g/mol. The van der Waals surface area contributed by atoms with Crippen LogP contribution in [0, 0.1) is 0 Å². The third-order valence-corrected chi connectivity index (χ3v) is 5.65. The van der Waals surface area contributed by atoms with Gasteiger partial charge in [-0.3, -0.25) is 9.69 Å². The van der Waals surface area contributed by atoms with Crippen LogP contribution in [0.4, 0.5) is 0 Å². The second-order valence-electron chi connectivity index (χ2n) is 6.54. The first-order valence-electron chi connectivity index (χ1n) is 8.72. The molecule has 1 amide bonds. The summed E-state index contributed by atoms with van der Waals surface area (Å²) in [6.07, 6.45) is 2.46. The Morgan fingerprint density at radius 1 is 1.32 bits per heavy atom. The van der Waals surface area contributed by atoms with Gasteiger partial charge in [0, 0.05) is 51.7 Å². The van der Waals surface area contributed by atoms with Crippen molar-refractivity contribution in [1.29, 1.82) is 0 Å². The van der Waals surface area contributed by atoms with Crippen molar-refractivity contribution in [2.75, 3.05) is 46.4 Å². The van der Waals surface area contributed by atoms with Crippen LogP contribution in [-0.2, 0) is 11.2 Å². The highest BCUT2D eigenvalue weighted by molar-refractivity contribution is 9.10. The number of hydrogen-bond acceptors (Lipinski definition) is 4. The van der Waals surface area contributed by atoms with E-state index in [1.54, 1.807) is 7.11 Å². The number of hydrogen-bond donors (Lipinski definition) is 1. The molecule has 2 aliphatic heterocycles. The Balaban J connectivity index is 0.00000225. The molecule has 3 rings (SSSR count). The molecule has 0 aromatic heterocycles. The zero-order valence-corrected chi connectivity index (χ0v) is 17.1. The van der Waals surface area contributed by atoms with Crippen LogP contribution in [0.15, 0.2) is 22.7 Å². The summed E-state index contributed by atoms with van der Waals surface area (Å²) in [4.78, 5) is 17.1. The SMILES string of the molecule is COc1ccc(CCC(=O)N2CCC(N3CCNCC3)C2)cc1Br.Cl. The van der Waals surface area contributed by atoms with E-state index in [9.17, 15) is 4.79 Å². The van der Waals surface area contributed by atoms with Crippen LogP contribution in [0.25, 0.3) is 0 Å². The maximum absolute atomic E-state index is 12.5. The van der Waals surface area contributed by atoms with Crippen LogP contribution in [0.2, 0.25) is 0 Å². The van der Waals surface area contributed by atoms with Gasteiger partial charge in [-0.1, -0.05) is 6.07 Å². The van der Waals surface area contributed by atoms with E-state index in [2.05, 4.69) is 26.1 Å². The topological polar surface area (TPSA) is 44.8 Å². The Labute approximate surface area is 164 Å². The Morgan fingerprint density at radius 2 is 2.08 bits per heavy atom. The summed E-state index contributed by atoms with van der Waals surface area (Å²) in [5.41, 5.74) is 1.16. The fourth-order valence-electron chi connectivity index (χ4n) is 3.59. The van der Waals surface area contributed by atoms with Gasteiger partial charge in [0.2, 0.25) is 5.91 Å². The van der Waals surface area contributed by atoms with E-state index < -0.39 is 0 Å². The number of aryl methyl sites for hydroxylation is 1. The number of nitrogens with zero attached hydrogens (tertiary/aromatic N) is 2. The number of likely N-dealkylation sites (tertiary alicyclic amines) is 1. The van der Waals surface area contributed by atoms with Gasteiger partial charge in [-0.2, -0.15) is 0 Å². The van der Waals surface area contributed by atoms with Gasteiger partial charge in [-0.25, -0.2) is 0 Å². The summed E-state index contributed by atoms with van der Waals surface area (Å²) < 4.78 is 6.18. The lowest BCUT2D eigenvalue weighted by atomic mass is 10.1. The molecule has 140 valence electrons. The van der Waals surface area contributed by atoms with Crippen molar-refractivity contribution in [3.63, 3.8) is 0 Å². The highest BCUT2D eigenvalue weighted by atomic mass is 79.9. The van der Waals surface area contributed by atoms with Crippen LogP contribution >= 0.6 is 28.3 Å². The number of benzene rings is 1. The van der Waals surface area contributed by atoms with Gasteiger partial charge in [-0.05, 0) is 46.5 Å². The molecule has 25 heavy (non-hydrogen) atoms. The zero-order valence-electron chi connectivity index (χ0n) is 14.7. The molecule has 1 aromatic rings. The molecule has 1 unspecified atom stereocenters. The molecular formula is C18H27BrClN3O2. The van der Waals surface area contributed by atoms with Crippen LogP contribution in [0.3, 0.4) is 0 Å². The molecule has 7 heteroatoms.